The molecule has 1 atom stereocenters. The maximum atomic E-state index is 12.9. The van der Waals surface area contributed by atoms with Crippen LogP contribution in [0.4, 0.5) is 5.69 Å². The van der Waals surface area contributed by atoms with Crippen LogP contribution in [0, 0.1) is 6.92 Å². The Balaban J connectivity index is 1.74. The zero-order valence-electron chi connectivity index (χ0n) is 15.6. The third kappa shape index (κ3) is 4.63. The van der Waals surface area contributed by atoms with Crippen LogP contribution in [0.2, 0.25) is 0 Å². The minimum Gasteiger partial charge on any atom is -0.477 e. The summed E-state index contributed by atoms with van der Waals surface area (Å²) in [6.07, 6.45) is 0.156. The second-order valence-corrected chi connectivity index (χ2v) is 7.44. The Labute approximate surface area is 164 Å². The molecule has 2 amide bonds. The van der Waals surface area contributed by atoms with Crippen molar-refractivity contribution in [3.05, 3.63) is 54.1 Å². The van der Waals surface area contributed by atoms with E-state index in [0.29, 0.717) is 23.7 Å². The molecule has 1 aliphatic rings. The summed E-state index contributed by atoms with van der Waals surface area (Å²) in [4.78, 5) is 28.1. The van der Waals surface area contributed by atoms with Crippen LogP contribution < -0.4 is 15.0 Å². The molecule has 27 heavy (non-hydrogen) atoms. The second kappa shape index (κ2) is 8.95. The number of amides is 2. The maximum absolute atomic E-state index is 12.9. The highest BCUT2D eigenvalue weighted by atomic mass is 32.2. The van der Waals surface area contributed by atoms with Gasteiger partial charge < -0.3 is 15.0 Å². The molecule has 3 rings (SSSR count). The Morgan fingerprint density at radius 3 is 2.70 bits per heavy atom. The van der Waals surface area contributed by atoms with Crippen molar-refractivity contribution in [2.24, 2.45) is 0 Å². The number of ether oxygens (including phenoxy) is 1. The van der Waals surface area contributed by atoms with E-state index in [2.05, 4.69) is 5.32 Å². The van der Waals surface area contributed by atoms with Gasteiger partial charge in [0.25, 0.3) is 5.91 Å². The summed E-state index contributed by atoms with van der Waals surface area (Å²) < 4.78 is 5.84. The number of carbonyl (C=O) groups is 2. The maximum Gasteiger partial charge on any atom is 0.262 e. The number of carbonyl (C=O) groups excluding carboxylic acids is 2. The van der Waals surface area contributed by atoms with Crippen molar-refractivity contribution in [3.8, 4) is 5.75 Å². The summed E-state index contributed by atoms with van der Waals surface area (Å²) in [5.41, 5.74) is 1.86. The predicted molar refractivity (Wildman–Crippen MR) is 108 cm³/mol. The van der Waals surface area contributed by atoms with Gasteiger partial charge in [-0.15, -0.1) is 11.8 Å². The molecule has 1 aliphatic heterocycles. The molecule has 6 heteroatoms. The van der Waals surface area contributed by atoms with Gasteiger partial charge in [0.2, 0.25) is 5.91 Å². The van der Waals surface area contributed by atoms with Gasteiger partial charge in [-0.05, 0) is 37.1 Å². The minimum absolute atomic E-state index is 0.0349. The SMILES string of the molecule is CCCNC(=O)[C@@H]1CN(C(=O)CSc2ccccc2C)c2ccccc2O1. The van der Waals surface area contributed by atoms with Crippen molar-refractivity contribution in [1.82, 2.24) is 5.32 Å². The first-order valence-electron chi connectivity index (χ1n) is 9.12. The van der Waals surface area contributed by atoms with E-state index in [-0.39, 0.29) is 18.4 Å². The zero-order chi connectivity index (χ0) is 19.2. The minimum atomic E-state index is -0.695. The Morgan fingerprint density at radius 2 is 1.93 bits per heavy atom. The summed E-state index contributed by atoms with van der Waals surface area (Å²) in [5.74, 6) is 0.653. The summed E-state index contributed by atoms with van der Waals surface area (Å²) in [6, 6.07) is 15.4. The predicted octanol–water partition coefficient (Wildman–Crippen LogP) is 3.41. The van der Waals surface area contributed by atoms with Gasteiger partial charge in [-0.3, -0.25) is 9.59 Å². The number of para-hydroxylation sites is 2. The van der Waals surface area contributed by atoms with Crippen LogP contribution >= 0.6 is 11.8 Å². The number of hydrogen-bond donors (Lipinski definition) is 1. The molecule has 0 unspecified atom stereocenters. The van der Waals surface area contributed by atoms with E-state index in [1.807, 2.05) is 56.3 Å². The quantitative estimate of drug-likeness (QED) is 0.776. The van der Waals surface area contributed by atoms with Gasteiger partial charge in [-0.25, -0.2) is 0 Å². The lowest BCUT2D eigenvalue weighted by Crippen LogP contribution is -2.51. The van der Waals surface area contributed by atoms with Crippen LogP contribution in [0.3, 0.4) is 0 Å². The molecule has 1 N–H and O–H groups in total. The van der Waals surface area contributed by atoms with E-state index in [1.54, 1.807) is 11.0 Å². The monoisotopic (exact) mass is 384 g/mol. The van der Waals surface area contributed by atoms with Gasteiger partial charge in [-0.2, -0.15) is 0 Å². The van der Waals surface area contributed by atoms with Crippen molar-refractivity contribution in [1.29, 1.82) is 0 Å². The topological polar surface area (TPSA) is 58.6 Å². The number of benzene rings is 2. The summed E-state index contributed by atoms with van der Waals surface area (Å²) in [5, 5.41) is 2.85. The number of nitrogens with one attached hydrogen (secondary N) is 1. The number of fused-ring (bicyclic) bond motifs is 1. The van der Waals surface area contributed by atoms with Gasteiger partial charge in [0.1, 0.15) is 5.75 Å². The fourth-order valence-electron chi connectivity index (χ4n) is 2.90. The molecule has 2 aromatic carbocycles. The molecule has 0 radical (unpaired) electrons. The summed E-state index contributed by atoms with van der Waals surface area (Å²) in [6.45, 7) is 4.85. The van der Waals surface area contributed by atoms with Crippen molar-refractivity contribution < 1.29 is 14.3 Å². The number of aryl methyl sites for hydroxylation is 1. The molecule has 1 heterocycles. The highest BCUT2D eigenvalue weighted by Gasteiger charge is 2.33. The largest absolute Gasteiger partial charge is 0.477 e. The van der Waals surface area contributed by atoms with Crippen LogP contribution in [0.5, 0.6) is 5.75 Å². The first-order valence-corrected chi connectivity index (χ1v) is 10.1. The van der Waals surface area contributed by atoms with Crippen LogP contribution in [0.25, 0.3) is 0 Å². The number of nitrogens with zero attached hydrogens (tertiary/aromatic N) is 1. The van der Waals surface area contributed by atoms with Crippen LogP contribution in [-0.4, -0.2) is 36.8 Å². The fourth-order valence-corrected chi connectivity index (χ4v) is 3.81. The van der Waals surface area contributed by atoms with Crippen molar-refractivity contribution in [3.63, 3.8) is 0 Å². The second-order valence-electron chi connectivity index (χ2n) is 6.42. The Hall–Kier alpha value is -2.47. The third-order valence-electron chi connectivity index (χ3n) is 4.36. The molecule has 0 aromatic heterocycles. The molecular formula is C21H24N2O3S. The lowest BCUT2D eigenvalue weighted by Gasteiger charge is -2.34. The summed E-state index contributed by atoms with van der Waals surface area (Å²) in [7, 11) is 0. The summed E-state index contributed by atoms with van der Waals surface area (Å²) >= 11 is 1.51. The average molecular weight is 385 g/mol. The van der Waals surface area contributed by atoms with Crippen molar-refractivity contribution in [2.45, 2.75) is 31.3 Å². The standard InChI is InChI=1S/C21H24N2O3S/c1-3-12-22-21(25)18-13-23(16-9-5-6-10-17(16)26-18)20(24)14-27-19-11-7-4-8-15(19)2/h4-11,18H,3,12-14H2,1-2H3,(H,22,25)/t18-/m0/s1. The van der Waals surface area contributed by atoms with E-state index in [9.17, 15) is 9.59 Å². The van der Waals surface area contributed by atoms with Gasteiger partial charge in [0.15, 0.2) is 6.10 Å². The number of thioether (sulfide) groups is 1. The van der Waals surface area contributed by atoms with Crippen molar-refractivity contribution >= 4 is 29.3 Å². The van der Waals surface area contributed by atoms with E-state index < -0.39 is 6.10 Å². The molecule has 0 bridgehead atoms. The smallest absolute Gasteiger partial charge is 0.262 e. The van der Waals surface area contributed by atoms with E-state index in [0.717, 1.165) is 16.9 Å². The van der Waals surface area contributed by atoms with Crippen LogP contribution in [0.1, 0.15) is 18.9 Å². The lowest BCUT2D eigenvalue weighted by atomic mass is 10.1. The van der Waals surface area contributed by atoms with Crippen molar-refractivity contribution in [2.75, 3.05) is 23.7 Å². The van der Waals surface area contributed by atoms with Gasteiger partial charge in [-0.1, -0.05) is 37.3 Å². The fraction of sp³-hybridized carbons (Fsp3) is 0.333. The van der Waals surface area contributed by atoms with E-state index in [4.69, 9.17) is 4.74 Å². The molecule has 0 saturated carbocycles. The van der Waals surface area contributed by atoms with Crippen LogP contribution in [-0.2, 0) is 9.59 Å². The number of hydrogen-bond acceptors (Lipinski definition) is 4. The van der Waals surface area contributed by atoms with E-state index >= 15 is 0 Å². The molecule has 142 valence electrons. The molecule has 0 aliphatic carbocycles. The Morgan fingerprint density at radius 1 is 1.19 bits per heavy atom. The van der Waals surface area contributed by atoms with Gasteiger partial charge in [0.05, 0.1) is 18.0 Å². The molecule has 0 fully saturated rings. The van der Waals surface area contributed by atoms with Crippen LogP contribution in [0.15, 0.2) is 53.4 Å². The van der Waals surface area contributed by atoms with Gasteiger partial charge in [0, 0.05) is 11.4 Å². The molecular weight excluding hydrogens is 360 g/mol. The average Bonchev–Trinajstić information content (AvgIpc) is 2.70. The number of rotatable bonds is 6. The molecule has 2 aromatic rings. The normalized spacial score (nSPS) is 15.6. The van der Waals surface area contributed by atoms with Gasteiger partial charge >= 0.3 is 0 Å². The number of anilines is 1. The third-order valence-corrected chi connectivity index (χ3v) is 5.52. The van der Waals surface area contributed by atoms with E-state index in [1.165, 1.54) is 11.8 Å². The highest BCUT2D eigenvalue weighted by molar-refractivity contribution is 8.00. The molecule has 0 spiro atoms. The Kier molecular flexibility index (Phi) is 6.40. The Bertz CT molecular complexity index is 825. The first-order chi connectivity index (χ1) is 13.1. The molecule has 0 saturated heterocycles. The lowest BCUT2D eigenvalue weighted by molar-refractivity contribution is -0.128. The first kappa shape index (κ1) is 19.3. The zero-order valence-corrected chi connectivity index (χ0v) is 16.4. The highest BCUT2D eigenvalue weighted by Crippen LogP contribution is 2.34. The molecule has 5 nitrogen and oxygen atoms in total.